The maximum Gasteiger partial charge on any atom is 0.137 e. The molecule has 44 heavy (non-hydrogen) atoms. The summed E-state index contributed by atoms with van der Waals surface area (Å²) >= 11 is 0. The van der Waals surface area contributed by atoms with Crippen molar-refractivity contribution in [3.8, 4) is 33.4 Å². The van der Waals surface area contributed by atoms with E-state index in [0.29, 0.717) is 0 Å². The quantitative estimate of drug-likeness (QED) is 0.200. The zero-order valence-corrected chi connectivity index (χ0v) is 24.1. The number of furan rings is 1. The first kappa shape index (κ1) is 25.8. The fourth-order valence-corrected chi connectivity index (χ4v) is 6.29. The van der Waals surface area contributed by atoms with E-state index in [-0.39, 0.29) is 0 Å². The van der Waals surface area contributed by atoms with Gasteiger partial charge in [-0.3, -0.25) is 0 Å². The van der Waals surface area contributed by atoms with Gasteiger partial charge in [-0.15, -0.1) is 0 Å². The molecule has 0 N–H and O–H groups in total. The molecule has 8 rings (SSSR count). The van der Waals surface area contributed by atoms with E-state index in [9.17, 15) is 0 Å². The summed E-state index contributed by atoms with van der Waals surface area (Å²) in [7, 11) is 0. The number of nitrogens with zero attached hydrogens (tertiary/aromatic N) is 1. The molecular weight excluding hydrogens is 534 g/mol. The summed E-state index contributed by atoms with van der Waals surface area (Å²) in [5, 5.41) is 2.25. The van der Waals surface area contributed by atoms with Crippen molar-refractivity contribution in [3.63, 3.8) is 0 Å². The summed E-state index contributed by atoms with van der Waals surface area (Å²) in [6.45, 7) is 0. The molecule has 8 aromatic rings. The van der Waals surface area contributed by atoms with Crippen molar-refractivity contribution < 1.29 is 4.42 Å². The van der Waals surface area contributed by atoms with Crippen molar-refractivity contribution in [2.45, 2.75) is 0 Å². The molecule has 0 atom stereocenters. The molecule has 0 spiro atoms. The number of fused-ring (bicyclic) bond motifs is 3. The van der Waals surface area contributed by atoms with E-state index in [4.69, 9.17) is 4.42 Å². The lowest BCUT2D eigenvalue weighted by Crippen LogP contribution is -2.11. The Kier molecular flexibility index (Phi) is 6.51. The third kappa shape index (κ3) is 4.54. The molecule has 0 radical (unpaired) electrons. The van der Waals surface area contributed by atoms with Crippen LogP contribution in [0.5, 0.6) is 0 Å². The van der Waals surface area contributed by atoms with Crippen molar-refractivity contribution in [3.05, 3.63) is 176 Å². The molecule has 1 heterocycles. The Morgan fingerprint density at radius 1 is 0.341 bits per heavy atom. The molecule has 0 aliphatic carbocycles. The zero-order chi connectivity index (χ0) is 29.3. The van der Waals surface area contributed by atoms with Crippen molar-refractivity contribution in [1.29, 1.82) is 0 Å². The van der Waals surface area contributed by atoms with Gasteiger partial charge < -0.3 is 9.32 Å². The molecule has 0 amide bonds. The molecule has 0 aliphatic rings. The van der Waals surface area contributed by atoms with Crippen LogP contribution in [-0.2, 0) is 0 Å². The Morgan fingerprint density at radius 2 is 0.864 bits per heavy atom. The molecule has 0 saturated carbocycles. The number of rotatable bonds is 6. The molecule has 0 fully saturated rings. The van der Waals surface area contributed by atoms with Gasteiger partial charge in [0.25, 0.3) is 0 Å². The van der Waals surface area contributed by atoms with E-state index >= 15 is 0 Å². The summed E-state index contributed by atoms with van der Waals surface area (Å²) in [6.07, 6.45) is 0. The predicted molar refractivity (Wildman–Crippen MR) is 185 cm³/mol. The summed E-state index contributed by atoms with van der Waals surface area (Å²) in [5.74, 6) is 0. The van der Waals surface area contributed by atoms with E-state index in [0.717, 1.165) is 44.6 Å². The lowest BCUT2D eigenvalue weighted by atomic mass is 9.88. The van der Waals surface area contributed by atoms with Crippen LogP contribution in [0.2, 0.25) is 0 Å². The van der Waals surface area contributed by atoms with Gasteiger partial charge in [-0.1, -0.05) is 133 Å². The average molecular weight is 564 g/mol. The summed E-state index contributed by atoms with van der Waals surface area (Å²) < 4.78 is 6.34. The van der Waals surface area contributed by atoms with E-state index in [2.05, 4.69) is 169 Å². The molecule has 0 aliphatic heterocycles. The minimum atomic E-state index is 0.874. The van der Waals surface area contributed by atoms with Gasteiger partial charge in [-0.2, -0.15) is 0 Å². The molecule has 7 aromatic carbocycles. The number of anilines is 3. The number of benzene rings is 7. The molecule has 208 valence electrons. The third-order valence-electron chi connectivity index (χ3n) is 8.30. The lowest BCUT2D eigenvalue weighted by Gasteiger charge is -2.28. The summed E-state index contributed by atoms with van der Waals surface area (Å²) in [5.41, 5.74) is 12.1. The van der Waals surface area contributed by atoms with Gasteiger partial charge >= 0.3 is 0 Å². The van der Waals surface area contributed by atoms with Gasteiger partial charge in [-0.05, 0) is 64.2 Å². The SMILES string of the molecule is c1ccc(-c2ccccc2-c2ccccc2-c2ccccc2N(c2ccccc2)c2ccc3c(c2)oc2ccccc23)cc1. The monoisotopic (exact) mass is 563 g/mol. The Balaban J connectivity index is 1.34. The summed E-state index contributed by atoms with van der Waals surface area (Å²) in [4.78, 5) is 2.34. The van der Waals surface area contributed by atoms with Gasteiger partial charge in [-0.25, -0.2) is 0 Å². The fraction of sp³-hybridized carbons (Fsp3) is 0. The average Bonchev–Trinajstić information content (AvgIpc) is 3.48. The van der Waals surface area contributed by atoms with Crippen molar-refractivity contribution in [2.75, 3.05) is 4.90 Å². The van der Waals surface area contributed by atoms with Crippen LogP contribution in [0.1, 0.15) is 0 Å². The standard InChI is InChI=1S/C42H29NO/c1-3-15-30(16-4-1)33-19-7-8-20-34(33)35-21-9-10-22-36(35)37-23-11-13-25-40(37)43(31-17-5-2-6-18-31)32-27-28-39-38-24-12-14-26-41(38)44-42(39)29-32/h1-29H. The highest BCUT2D eigenvalue weighted by Crippen LogP contribution is 2.45. The van der Waals surface area contributed by atoms with Gasteiger partial charge in [0.05, 0.1) is 5.69 Å². The van der Waals surface area contributed by atoms with E-state index < -0.39 is 0 Å². The molecule has 0 unspecified atom stereocenters. The molecule has 0 bridgehead atoms. The topological polar surface area (TPSA) is 16.4 Å². The maximum absolute atomic E-state index is 6.34. The minimum Gasteiger partial charge on any atom is -0.456 e. The third-order valence-corrected chi connectivity index (χ3v) is 8.30. The Morgan fingerprint density at radius 3 is 1.61 bits per heavy atom. The zero-order valence-electron chi connectivity index (χ0n) is 24.1. The lowest BCUT2D eigenvalue weighted by molar-refractivity contribution is 0.669. The van der Waals surface area contributed by atoms with Crippen molar-refractivity contribution >= 4 is 39.0 Å². The van der Waals surface area contributed by atoms with Crippen LogP contribution in [0.25, 0.3) is 55.3 Å². The van der Waals surface area contributed by atoms with E-state index in [1.54, 1.807) is 0 Å². The summed E-state index contributed by atoms with van der Waals surface area (Å²) in [6, 6.07) is 62.1. The molecule has 1 aromatic heterocycles. The Hall–Kier alpha value is -5.86. The van der Waals surface area contributed by atoms with E-state index in [1.807, 2.05) is 12.1 Å². The number of hydrogen-bond donors (Lipinski definition) is 0. The first-order valence-electron chi connectivity index (χ1n) is 14.9. The highest BCUT2D eigenvalue weighted by atomic mass is 16.3. The van der Waals surface area contributed by atoms with Crippen LogP contribution in [0.4, 0.5) is 17.1 Å². The number of para-hydroxylation sites is 3. The predicted octanol–water partition coefficient (Wildman–Crippen LogP) is 12.1. The Bertz CT molecular complexity index is 2230. The van der Waals surface area contributed by atoms with Crippen LogP contribution >= 0.6 is 0 Å². The van der Waals surface area contributed by atoms with Crippen molar-refractivity contribution in [2.24, 2.45) is 0 Å². The maximum atomic E-state index is 6.34. The second-order valence-electron chi connectivity index (χ2n) is 10.9. The highest BCUT2D eigenvalue weighted by Gasteiger charge is 2.20. The number of hydrogen-bond acceptors (Lipinski definition) is 2. The van der Waals surface area contributed by atoms with Crippen LogP contribution in [-0.4, -0.2) is 0 Å². The van der Waals surface area contributed by atoms with Crippen LogP contribution in [0.3, 0.4) is 0 Å². The Labute approximate surface area is 257 Å². The smallest absolute Gasteiger partial charge is 0.137 e. The molecular formula is C42H29NO. The second kappa shape index (κ2) is 11.1. The van der Waals surface area contributed by atoms with E-state index in [1.165, 1.54) is 27.8 Å². The van der Waals surface area contributed by atoms with Crippen LogP contribution < -0.4 is 4.90 Å². The van der Waals surface area contributed by atoms with Gasteiger partial charge in [0.2, 0.25) is 0 Å². The normalized spacial score (nSPS) is 11.2. The largest absolute Gasteiger partial charge is 0.456 e. The van der Waals surface area contributed by atoms with Crippen molar-refractivity contribution in [1.82, 2.24) is 0 Å². The van der Waals surface area contributed by atoms with Gasteiger partial charge in [0.1, 0.15) is 11.2 Å². The molecule has 2 nitrogen and oxygen atoms in total. The minimum absolute atomic E-state index is 0.874. The van der Waals surface area contributed by atoms with Crippen LogP contribution in [0, 0.1) is 0 Å². The van der Waals surface area contributed by atoms with Crippen LogP contribution in [0.15, 0.2) is 180 Å². The fourth-order valence-electron chi connectivity index (χ4n) is 6.29. The highest BCUT2D eigenvalue weighted by molar-refractivity contribution is 6.06. The molecule has 0 saturated heterocycles. The molecule has 2 heteroatoms. The van der Waals surface area contributed by atoms with Gasteiger partial charge in [0, 0.05) is 33.8 Å². The first-order valence-corrected chi connectivity index (χ1v) is 14.9. The second-order valence-corrected chi connectivity index (χ2v) is 10.9. The first-order chi connectivity index (χ1) is 21.8. The van der Waals surface area contributed by atoms with Gasteiger partial charge in [0.15, 0.2) is 0 Å².